The van der Waals surface area contributed by atoms with Crippen molar-refractivity contribution in [3.63, 3.8) is 0 Å². The van der Waals surface area contributed by atoms with Gasteiger partial charge in [-0.15, -0.1) is 0 Å². The third kappa shape index (κ3) is 4.63. The van der Waals surface area contributed by atoms with Crippen LogP contribution in [-0.2, 0) is 0 Å². The van der Waals surface area contributed by atoms with Gasteiger partial charge in [0, 0.05) is 17.7 Å². The number of hydrogen-bond donors (Lipinski definition) is 2. The lowest BCUT2D eigenvalue weighted by atomic mass is 10.1. The molecule has 130 valence electrons. The minimum Gasteiger partial charge on any atom is -0.350 e. The van der Waals surface area contributed by atoms with E-state index in [0.717, 1.165) is 0 Å². The van der Waals surface area contributed by atoms with Gasteiger partial charge in [-0.25, -0.2) is 0 Å². The summed E-state index contributed by atoms with van der Waals surface area (Å²) in [4.78, 5) is 35.1. The lowest BCUT2D eigenvalue weighted by molar-refractivity contribution is -0.385. The van der Waals surface area contributed by atoms with Crippen LogP contribution in [0.1, 0.15) is 34.6 Å². The van der Waals surface area contributed by atoms with Gasteiger partial charge in [-0.3, -0.25) is 19.7 Å². The number of anilines is 1. The van der Waals surface area contributed by atoms with Crippen LogP contribution in [0.3, 0.4) is 0 Å². The van der Waals surface area contributed by atoms with E-state index in [9.17, 15) is 19.7 Å². The predicted molar refractivity (Wildman–Crippen MR) is 97.8 cm³/mol. The molecule has 0 fully saturated rings. The molecule has 7 nitrogen and oxygen atoms in total. The maximum atomic E-state index is 12.4. The minimum absolute atomic E-state index is 0.0506. The fourth-order valence-electron chi connectivity index (χ4n) is 2.12. The summed E-state index contributed by atoms with van der Waals surface area (Å²) in [6.07, 6.45) is 0. The number of para-hydroxylation sites is 1. The fraction of sp³-hybridized carbons (Fsp3) is 0.176. The summed E-state index contributed by atoms with van der Waals surface area (Å²) in [6, 6.07) is 10.6. The van der Waals surface area contributed by atoms with E-state index in [1.54, 1.807) is 24.3 Å². The van der Waals surface area contributed by atoms with Crippen molar-refractivity contribution < 1.29 is 14.5 Å². The molecule has 2 amide bonds. The Morgan fingerprint density at radius 1 is 1.12 bits per heavy atom. The predicted octanol–water partition coefficient (Wildman–Crippen LogP) is 3.75. The summed E-state index contributed by atoms with van der Waals surface area (Å²) < 4.78 is 0.283. The van der Waals surface area contributed by atoms with Gasteiger partial charge in [0.05, 0.1) is 20.6 Å². The molecular weight excluding hydrogens is 390 g/mol. The first-order chi connectivity index (χ1) is 11.8. The van der Waals surface area contributed by atoms with Crippen molar-refractivity contribution in [3.05, 3.63) is 68.2 Å². The van der Waals surface area contributed by atoms with E-state index in [2.05, 4.69) is 26.6 Å². The van der Waals surface area contributed by atoms with Gasteiger partial charge in [0.25, 0.3) is 17.5 Å². The molecular formula is C17H16BrN3O4. The maximum absolute atomic E-state index is 12.4. The van der Waals surface area contributed by atoms with Crippen molar-refractivity contribution in [1.82, 2.24) is 5.32 Å². The Labute approximate surface area is 152 Å². The standard InChI is InChI=1S/C17H16BrN3O4/c1-10(2)19-17(23)12-5-3-4-6-14(12)20-16(22)11-7-8-13(18)15(9-11)21(24)25/h3-10H,1-2H3,(H,19,23)(H,20,22). The van der Waals surface area contributed by atoms with Gasteiger partial charge >= 0.3 is 0 Å². The number of carbonyl (C=O) groups is 2. The normalized spacial score (nSPS) is 10.4. The monoisotopic (exact) mass is 405 g/mol. The first-order valence-electron chi connectivity index (χ1n) is 7.44. The number of nitro groups is 1. The zero-order valence-corrected chi connectivity index (χ0v) is 15.2. The molecule has 0 saturated carbocycles. The Kier molecular flexibility index (Phi) is 5.87. The Balaban J connectivity index is 2.29. The number of carbonyl (C=O) groups excluding carboxylic acids is 2. The number of halogens is 1. The Morgan fingerprint density at radius 3 is 2.44 bits per heavy atom. The second kappa shape index (κ2) is 7.89. The zero-order chi connectivity index (χ0) is 18.6. The average molecular weight is 406 g/mol. The van der Waals surface area contributed by atoms with E-state index in [0.29, 0.717) is 11.3 Å². The maximum Gasteiger partial charge on any atom is 0.284 e. The Morgan fingerprint density at radius 2 is 1.80 bits per heavy atom. The highest BCUT2D eigenvalue weighted by molar-refractivity contribution is 9.10. The van der Waals surface area contributed by atoms with E-state index >= 15 is 0 Å². The Hall–Kier alpha value is -2.74. The molecule has 2 aromatic rings. The Bertz CT molecular complexity index is 836. The highest BCUT2D eigenvalue weighted by atomic mass is 79.9. The number of hydrogen-bond acceptors (Lipinski definition) is 4. The second-order valence-corrected chi connectivity index (χ2v) is 6.41. The molecule has 0 aliphatic carbocycles. The average Bonchev–Trinajstić information content (AvgIpc) is 2.54. The number of amides is 2. The molecule has 8 heteroatoms. The third-order valence-electron chi connectivity index (χ3n) is 3.24. The van der Waals surface area contributed by atoms with Crippen LogP contribution >= 0.6 is 15.9 Å². The summed E-state index contributed by atoms with van der Waals surface area (Å²) in [5.41, 5.74) is 0.555. The van der Waals surface area contributed by atoms with Crippen LogP contribution in [0.5, 0.6) is 0 Å². The molecule has 0 aliphatic rings. The summed E-state index contributed by atoms with van der Waals surface area (Å²) >= 11 is 3.07. The van der Waals surface area contributed by atoms with Crippen molar-refractivity contribution in [2.24, 2.45) is 0 Å². The van der Waals surface area contributed by atoms with Crippen LogP contribution in [0.2, 0.25) is 0 Å². The molecule has 0 spiro atoms. The lowest BCUT2D eigenvalue weighted by Crippen LogP contribution is -2.31. The van der Waals surface area contributed by atoms with E-state index < -0.39 is 10.8 Å². The molecule has 2 rings (SSSR count). The van der Waals surface area contributed by atoms with Crippen LogP contribution in [0.25, 0.3) is 0 Å². The second-order valence-electron chi connectivity index (χ2n) is 5.55. The first-order valence-corrected chi connectivity index (χ1v) is 8.24. The number of nitrogens with one attached hydrogen (secondary N) is 2. The number of rotatable bonds is 5. The number of nitrogens with zero attached hydrogens (tertiary/aromatic N) is 1. The molecule has 0 aliphatic heterocycles. The SMILES string of the molecule is CC(C)NC(=O)c1ccccc1NC(=O)c1ccc(Br)c([N+](=O)[O-])c1. The van der Waals surface area contributed by atoms with Crippen molar-refractivity contribution >= 4 is 39.1 Å². The molecule has 0 unspecified atom stereocenters. The third-order valence-corrected chi connectivity index (χ3v) is 3.92. The number of nitro benzene ring substituents is 1. The van der Waals surface area contributed by atoms with Crippen molar-refractivity contribution in [3.8, 4) is 0 Å². The van der Waals surface area contributed by atoms with Crippen LogP contribution in [0, 0.1) is 10.1 Å². The van der Waals surface area contributed by atoms with Crippen LogP contribution in [0.15, 0.2) is 46.9 Å². The van der Waals surface area contributed by atoms with Gasteiger partial charge in [-0.1, -0.05) is 12.1 Å². The van der Waals surface area contributed by atoms with Gasteiger partial charge in [-0.05, 0) is 54.0 Å². The highest BCUT2D eigenvalue weighted by Gasteiger charge is 2.18. The molecule has 0 atom stereocenters. The van der Waals surface area contributed by atoms with Crippen molar-refractivity contribution in [2.45, 2.75) is 19.9 Å². The number of benzene rings is 2. The molecule has 0 radical (unpaired) electrons. The summed E-state index contributed by atoms with van der Waals surface area (Å²) in [7, 11) is 0. The highest BCUT2D eigenvalue weighted by Crippen LogP contribution is 2.26. The summed E-state index contributed by atoms with van der Waals surface area (Å²) in [6.45, 7) is 3.67. The van der Waals surface area contributed by atoms with Gasteiger partial charge in [-0.2, -0.15) is 0 Å². The van der Waals surface area contributed by atoms with Gasteiger partial charge in [0.1, 0.15) is 0 Å². The van der Waals surface area contributed by atoms with Gasteiger partial charge in [0.2, 0.25) is 0 Å². The van der Waals surface area contributed by atoms with Crippen molar-refractivity contribution in [1.29, 1.82) is 0 Å². The van der Waals surface area contributed by atoms with Gasteiger partial charge < -0.3 is 10.6 Å². The van der Waals surface area contributed by atoms with Crippen LogP contribution in [0.4, 0.5) is 11.4 Å². The molecule has 0 heterocycles. The van der Waals surface area contributed by atoms with E-state index in [1.165, 1.54) is 18.2 Å². The molecule has 0 aromatic heterocycles. The summed E-state index contributed by atoms with van der Waals surface area (Å²) in [5.74, 6) is -0.854. The fourth-order valence-corrected chi connectivity index (χ4v) is 2.51. The zero-order valence-electron chi connectivity index (χ0n) is 13.6. The molecule has 2 N–H and O–H groups in total. The quantitative estimate of drug-likeness (QED) is 0.583. The topological polar surface area (TPSA) is 101 Å². The van der Waals surface area contributed by atoms with E-state index in [4.69, 9.17) is 0 Å². The first kappa shape index (κ1) is 18.6. The molecule has 0 saturated heterocycles. The van der Waals surface area contributed by atoms with E-state index in [-0.39, 0.29) is 27.7 Å². The smallest absolute Gasteiger partial charge is 0.284 e. The molecule has 0 bridgehead atoms. The van der Waals surface area contributed by atoms with Crippen LogP contribution < -0.4 is 10.6 Å². The largest absolute Gasteiger partial charge is 0.350 e. The van der Waals surface area contributed by atoms with Crippen LogP contribution in [-0.4, -0.2) is 22.8 Å². The van der Waals surface area contributed by atoms with E-state index in [1.807, 2.05) is 13.8 Å². The molecule has 25 heavy (non-hydrogen) atoms. The van der Waals surface area contributed by atoms with Gasteiger partial charge in [0.15, 0.2) is 0 Å². The molecule has 2 aromatic carbocycles. The minimum atomic E-state index is -0.578. The summed E-state index contributed by atoms with van der Waals surface area (Å²) in [5, 5.41) is 16.4. The lowest BCUT2D eigenvalue weighted by Gasteiger charge is -2.13. The van der Waals surface area contributed by atoms with Crippen molar-refractivity contribution in [2.75, 3.05) is 5.32 Å².